The summed E-state index contributed by atoms with van der Waals surface area (Å²) in [6, 6.07) is 0. The normalized spacial score (nSPS) is 12.3. The molecule has 22 heavy (non-hydrogen) atoms. The zero-order chi connectivity index (χ0) is 16.5. The highest BCUT2D eigenvalue weighted by molar-refractivity contribution is 6.04. The van der Waals surface area contributed by atoms with Gasteiger partial charge in [0, 0.05) is 31.7 Å². The minimum absolute atomic E-state index is 0.205. The summed E-state index contributed by atoms with van der Waals surface area (Å²) in [6.07, 6.45) is 8.02. The molecule has 1 heterocycles. The van der Waals surface area contributed by atoms with E-state index in [-0.39, 0.29) is 5.71 Å². The smallest absolute Gasteiger partial charge is 0.158 e. The lowest BCUT2D eigenvalue weighted by atomic mass is 10.3. The number of likely N-dealkylation sites (N-methyl/N-ethyl adjacent to an activating group) is 1. The Labute approximate surface area is 130 Å². The van der Waals surface area contributed by atoms with Gasteiger partial charge in [0.15, 0.2) is 5.82 Å². The fourth-order valence-corrected chi connectivity index (χ4v) is 1.75. The highest BCUT2D eigenvalue weighted by atomic mass is 19.1. The van der Waals surface area contributed by atoms with E-state index in [0.717, 1.165) is 18.1 Å². The van der Waals surface area contributed by atoms with E-state index >= 15 is 0 Å². The quantitative estimate of drug-likeness (QED) is 0.478. The summed E-state index contributed by atoms with van der Waals surface area (Å²) in [5.74, 6) is 1.34. The maximum Gasteiger partial charge on any atom is 0.158 e. The predicted octanol–water partition coefficient (Wildman–Crippen LogP) is 3.17. The SMILES string of the molecule is C=C(C)N=C(Cn1ccnc1C(=N)/C=C\C=C\F)N(C)CC. The van der Waals surface area contributed by atoms with Crippen LogP contribution in [0.5, 0.6) is 0 Å². The van der Waals surface area contributed by atoms with Crippen LogP contribution in [0.15, 0.2) is 54.2 Å². The van der Waals surface area contributed by atoms with Crippen molar-refractivity contribution < 1.29 is 4.39 Å². The van der Waals surface area contributed by atoms with Crippen molar-refractivity contribution in [2.24, 2.45) is 4.99 Å². The molecule has 118 valence electrons. The molecule has 1 aromatic rings. The van der Waals surface area contributed by atoms with Crippen molar-refractivity contribution in [1.29, 1.82) is 5.41 Å². The Hall–Kier alpha value is -2.50. The zero-order valence-corrected chi connectivity index (χ0v) is 13.3. The van der Waals surface area contributed by atoms with Crippen LogP contribution in [0.3, 0.4) is 0 Å². The summed E-state index contributed by atoms with van der Waals surface area (Å²) in [4.78, 5) is 10.7. The van der Waals surface area contributed by atoms with E-state index in [0.29, 0.717) is 18.7 Å². The predicted molar refractivity (Wildman–Crippen MR) is 89.0 cm³/mol. The molecule has 0 aliphatic carbocycles. The summed E-state index contributed by atoms with van der Waals surface area (Å²) in [6.45, 7) is 8.99. The molecule has 1 N–H and O–H groups in total. The van der Waals surface area contributed by atoms with E-state index in [1.54, 1.807) is 12.4 Å². The van der Waals surface area contributed by atoms with Gasteiger partial charge in [0.05, 0.1) is 18.6 Å². The molecule has 5 nitrogen and oxygen atoms in total. The Morgan fingerprint density at radius 2 is 2.27 bits per heavy atom. The molecule has 6 heteroatoms. The molecule has 1 rings (SSSR count). The van der Waals surface area contributed by atoms with Crippen molar-refractivity contribution in [3.8, 4) is 0 Å². The van der Waals surface area contributed by atoms with Gasteiger partial charge < -0.3 is 9.47 Å². The summed E-state index contributed by atoms with van der Waals surface area (Å²) >= 11 is 0. The van der Waals surface area contributed by atoms with Gasteiger partial charge in [0.2, 0.25) is 0 Å². The van der Waals surface area contributed by atoms with Gasteiger partial charge in [-0.05, 0) is 26.0 Å². The molecule has 0 saturated carbocycles. The van der Waals surface area contributed by atoms with Gasteiger partial charge >= 0.3 is 0 Å². The van der Waals surface area contributed by atoms with Crippen LogP contribution >= 0.6 is 0 Å². The van der Waals surface area contributed by atoms with E-state index < -0.39 is 0 Å². The van der Waals surface area contributed by atoms with Gasteiger partial charge in [-0.15, -0.1) is 0 Å². The summed E-state index contributed by atoms with van der Waals surface area (Å²) in [5.41, 5.74) is 0.928. The van der Waals surface area contributed by atoms with Crippen molar-refractivity contribution in [2.75, 3.05) is 13.6 Å². The van der Waals surface area contributed by atoms with Crippen molar-refractivity contribution in [3.63, 3.8) is 0 Å². The fourth-order valence-electron chi connectivity index (χ4n) is 1.75. The van der Waals surface area contributed by atoms with E-state index in [9.17, 15) is 4.39 Å². The van der Waals surface area contributed by atoms with Crippen LogP contribution in [-0.2, 0) is 6.54 Å². The van der Waals surface area contributed by atoms with Crippen molar-refractivity contribution in [1.82, 2.24) is 14.5 Å². The second kappa shape index (κ2) is 8.71. The molecule has 0 aliphatic rings. The molecule has 1 aromatic heterocycles. The number of aliphatic imine (C=N–C) groups is 1. The van der Waals surface area contributed by atoms with Gasteiger partial charge in [-0.1, -0.05) is 12.7 Å². The first kappa shape index (κ1) is 17.6. The number of aromatic nitrogens is 2. The van der Waals surface area contributed by atoms with Gasteiger partial charge in [-0.3, -0.25) is 5.41 Å². The largest absolute Gasteiger partial charge is 0.362 e. The van der Waals surface area contributed by atoms with Gasteiger partial charge in [-0.25, -0.2) is 14.4 Å². The number of amidine groups is 1. The van der Waals surface area contributed by atoms with Crippen LogP contribution in [0.1, 0.15) is 19.7 Å². The second-order valence-electron chi connectivity index (χ2n) is 4.75. The maximum atomic E-state index is 11.9. The van der Waals surface area contributed by atoms with E-state index in [1.807, 2.05) is 30.4 Å². The second-order valence-corrected chi connectivity index (χ2v) is 4.75. The van der Waals surface area contributed by atoms with Crippen LogP contribution in [0.2, 0.25) is 0 Å². The molecule has 0 radical (unpaired) electrons. The summed E-state index contributed by atoms with van der Waals surface area (Å²) in [7, 11) is 1.95. The van der Waals surface area contributed by atoms with Crippen molar-refractivity contribution in [2.45, 2.75) is 20.4 Å². The summed E-state index contributed by atoms with van der Waals surface area (Å²) < 4.78 is 13.8. The summed E-state index contributed by atoms with van der Waals surface area (Å²) in [5, 5.41) is 8.01. The number of allylic oxidation sites excluding steroid dienone is 4. The molecule has 0 saturated heterocycles. The monoisotopic (exact) mass is 303 g/mol. The lowest BCUT2D eigenvalue weighted by Gasteiger charge is -2.20. The number of nitrogens with one attached hydrogen (secondary N) is 1. The third-order valence-electron chi connectivity index (χ3n) is 2.95. The molecule has 0 bridgehead atoms. The Morgan fingerprint density at radius 1 is 1.55 bits per heavy atom. The van der Waals surface area contributed by atoms with E-state index in [2.05, 4.69) is 16.6 Å². The number of halogens is 1. The first-order valence-corrected chi connectivity index (χ1v) is 6.97. The lowest BCUT2D eigenvalue weighted by Crippen LogP contribution is -2.31. The van der Waals surface area contributed by atoms with E-state index in [4.69, 9.17) is 5.41 Å². The Morgan fingerprint density at radius 3 is 2.86 bits per heavy atom. The van der Waals surface area contributed by atoms with Crippen molar-refractivity contribution in [3.05, 3.63) is 55.1 Å². The van der Waals surface area contributed by atoms with Crippen LogP contribution in [-0.4, -0.2) is 39.6 Å². The molecular weight excluding hydrogens is 281 g/mol. The van der Waals surface area contributed by atoms with Crippen molar-refractivity contribution >= 4 is 11.5 Å². The molecule has 0 aliphatic heterocycles. The standard InChI is InChI=1S/C16H22FN5/c1-5-21(4)15(20-13(2)3)12-22-11-10-19-16(22)14(18)8-6-7-9-17/h6-11,18H,2,5,12H2,1,3-4H3/b8-6-,9-7+,18-14?,20-15?. The van der Waals surface area contributed by atoms with Crippen LogP contribution in [0, 0.1) is 5.41 Å². The lowest BCUT2D eigenvalue weighted by molar-refractivity contribution is 0.513. The highest BCUT2D eigenvalue weighted by Gasteiger charge is 2.11. The van der Waals surface area contributed by atoms with Crippen LogP contribution < -0.4 is 0 Å². The van der Waals surface area contributed by atoms with Crippen LogP contribution in [0.4, 0.5) is 4.39 Å². The number of rotatable bonds is 7. The zero-order valence-electron chi connectivity index (χ0n) is 13.3. The van der Waals surface area contributed by atoms with Gasteiger partial charge in [0.1, 0.15) is 5.84 Å². The molecule has 0 aromatic carbocycles. The Kier molecular flexibility index (Phi) is 6.95. The fraction of sp³-hybridized carbons (Fsp3) is 0.312. The number of imidazole rings is 1. The average molecular weight is 303 g/mol. The Balaban J connectivity index is 3.01. The molecule has 0 amide bonds. The molecule has 0 fully saturated rings. The maximum absolute atomic E-state index is 11.9. The van der Waals surface area contributed by atoms with Gasteiger partial charge in [-0.2, -0.15) is 0 Å². The third-order valence-corrected chi connectivity index (χ3v) is 2.95. The number of hydrogen-bond donors (Lipinski definition) is 1. The van der Waals surface area contributed by atoms with E-state index in [1.165, 1.54) is 18.2 Å². The van der Waals surface area contributed by atoms with Gasteiger partial charge in [0.25, 0.3) is 0 Å². The third kappa shape index (κ3) is 5.12. The number of nitrogens with zero attached hydrogens (tertiary/aromatic N) is 4. The molecule has 0 atom stereocenters. The Bertz CT molecular complexity index is 610. The average Bonchev–Trinajstić information content (AvgIpc) is 2.93. The van der Waals surface area contributed by atoms with Crippen LogP contribution in [0.25, 0.3) is 0 Å². The highest BCUT2D eigenvalue weighted by Crippen LogP contribution is 2.05. The minimum atomic E-state index is 0.205. The molecule has 0 unspecified atom stereocenters. The molecule has 0 spiro atoms. The minimum Gasteiger partial charge on any atom is -0.362 e. The first-order valence-electron chi connectivity index (χ1n) is 6.97. The first-order chi connectivity index (χ1) is 10.5. The molecular formula is C16H22FN5. The number of hydrogen-bond acceptors (Lipinski definition) is 3. The topological polar surface area (TPSA) is 57.3 Å².